The summed E-state index contributed by atoms with van der Waals surface area (Å²) in [6.45, 7) is 2.07. The topological polar surface area (TPSA) is 64.0 Å². The molecule has 0 atom stereocenters. The molecule has 1 amide bonds. The lowest BCUT2D eigenvalue weighted by Gasteiger charge is -2.05. The van der Waals surface area contributed by atoms with Crippen LogP contribution in [0.25, 0.3) is 0 Å². The quantitative estimate of drug-likeness (QED) is 0.830. The van der Waals surface area contributed by atoms with E-state index in [2.05, 4.69) is 10.4 Å². The first-order valence-corrected chi connectivity index (χ1v) is 5.52. The van der Waals surface area contributed by atoms with Crippen LogP contribution in [0.4, 0.5) is 5.69 Å². The van der Waals surface area contributed by atoms with Gasteiger partial charge in [-0.15, -0.1) is 0 Å². The maximum Gasteiger partial charge on any atom is 0.246 e. The highest BCUT2D eigenvalue weighted by Crippen LogP contribution is 2.08. The van der Waals surface area contributed by atoms with Gasteiger partial charge >= 0.3 is 0 Å². The zero-order chi connectivity index (χ0) is 13.0. The van der Waals surface area contributed by atoms with E-state index in [0.717, 1.165) is 11.3 Å². The van der Waals surface area contributed by atoms with Crippen LogP contribution in [0, 0.1) is 6.92 Å². The van der Waals surface area contributed by atoms with Gasteiger partial charge in [0.1, 0.15) is 12.2 Å². The van der Waals surface area contributed by atoms with Crippen LogP contribution in [0.3, 0.4) is 0 Å². The molecule has 5 nitrogen and oxygen atoms in total. The number of nitrogens with zero attached hydrogens (tertiary/aromatic N) is 2. The molecule has 0 aliphatic heterocycles. The Morgan fingerprint density at radius 3 is 2.67 bits per heavy atom. The average Bonchev–Trinajstić information content (AvgIpc) is 2.79. The molecule has 1 aromatic carbocycles. The van der Waals surface area contributed by atoms with Gasteiger partial charge < -0.3 is 5.32 Å². The fraction of sp³-hybridized carbons (Fsp3) is 0.154. The van der Waals surface area contributed by atoms with Gasteiger partial charge in [0, 0.05) is 11.9 Å². The third kappa shape index (κ3) is 3.04. The van der Waals surface area contributed by atoms with Crippen LogP contribution in [0.5, 0.6) is 0 Å². The van der Waals surface area contributed by atoms with Gasteiger partial charge in [-0.2, -0.15) is 5.10 Å². The summed E-state index contributed by atoms with van der Waals surface area (Å²) in [5.41, 5.74) is 2.20. The van der Waals surface area contributed by atoms with Crippen molar-refractivity contribution in [3.8, 4) is 0 Å². The van der Waals surface area contributed by atoms with Crippen LogP contribution in [0.1, 0.15) is 16.1 Å². The number of carbonyl (C=O) groups excluding carboxylic acids is 2. The third-order valence-electron chi connectivity index (χ3n) is 2.42. The molecule has 0 radical (unpaired) electrons. The second-order valence-corrected chi connectivity index (χ2v) is 3.97. The second-order valence-electron chi connectivity index (χ2n) is 3.97. The van der Waals surface area contributed by atoms with Gasteiger partial charge in [-0.1, -0.05) is 17.7 Å². The molecular weight excluding hydrogens is 230 g/mol. The predicted molar refractivity (Wildman–Crippen MR) is 67.4 cm³/mol. The monoisotopic (exact) mass is 243 g/mol. The molecule has 0 unspecified atom stereocenters. The van der Waals surface area contributed by atoms with Crippen LogP contribution in [-0.2, 0) is 11.3 Å². The summed E-state index contributed by atoms with van der Waals surface area (Å²) in [4.78, 5) is 22.2. The van der Waals surface area contributed by atoms with Crippen molar-refractivity contribution in [2.75, 3.05) is 5.32 Å². The highest BCUT2D eigenvalue weighted by molar-refractivity contribution is 5.90. The number of amides is 1. The molecule has 0 aliphatic rings. The maximum absolute atomic E-state index is 11.7. The van der Waals surface area contributed by atoms with E-state index < -0.39 is 0 Å². The number of nitrogens with one attached hydrogen (secondary N) is 1. The van der Waals surface area contributed by atoms with Crippen molar-refractivity contribution in [2.24, 2.45) is 0 Å². The van der Waals surface area contributed by atoms with Gasteiger partial charge in [-0.05, 0) is 25.1 Å². The van der Waals surface area contributed by atoms with Crippen molar-refractivity contribution >= 4 is 17.9 Å². The van der Waals surface area contributed by atoms with Crippen molar-refractivity contribution in [3.05, 3.63) is 47.8 Å². The summed E-state index contributed by atoms with van der Waals surface area (Å²) >= 11 is 0. The first-order chi connectivity index (χ1) is 8.67. The summed E-state index contributed by atoms with van der Waals surface area (Å²) < 4.78 is 1.42. The maximum atomic E-state index is 11.7. The Labute approximate surface area is 104 Å². The van der Waals surface area contributed by atoms with Crippen molar-refractivity contribution in [1.82, 2.24) is 9.78 Å². The fourth-order valence-electron chi connectivity index (χ4n) is 1.51. The highest BCUT2D eigenvalue weighted by Gasteiger charge is 2.05. The zero-order valence-corrected chi connectivity index (χ0v) is 9.96. The number of hydrogen-bond acceptors (Lipinski definition) is 3. The molecule has 1 N–H and O–H groups in total. The highest BCUT2D eigenvalue weighted by atomic mass is 16.2. The molecule has 1 heterocycles. The summed E-state index contributed by atoms with van der Waals surface area (Å²) in [7, 11) is 0. The Bertz CT molecular complexity index is 558. The van der Waals surface area contributed by atoms with E-state index in [0.29, 0.717) is 12.0 Å². The lowest BCUT2D eigenvalue weighted by atomic mass is 10.2. The van der Waals surface area contributed by atoms with Gasteiger partial charge in [0.05, 0.1) is 0 Å². The standard InChI is InChI=1S/C13H13N3O2/c1-10-2-4-11(5-3-10)14-13(18)8-16-7-6-12(9-17)15-16/h2-7,9H,8H2,1H3,(H,14,18). The number of aromatic nitrogens is 2. The lowest BCUT2D eigenvalue weighted by molar-refractivity contribution is -0.116. The van der Waals surface area contributed by atoms with Crippen LogP contribution >= 0.6 is 0 Å². The summed E-state index contributed by atoms with van der Waals surface area (Å²) in [6, 6.07) is 9.09. The summed E-state index contributed by atoms with van der Waals surface area (Å²) in [5.74, 6) is -0.181. The minimum Gasteiger partial charge on any atom is -0.324 e. The van der Waals surface area contributed by atoms with Crippen LogP contribution in [0.2, 0.25) is 0 Å². The Kier molecular flexibility index (Phi) is 3.52. The fourth-order valence-corrected chi connectivity index (χ4v) is 1.51. The summed E-state index contributed by atoms with van der Waals surface area (Å²) in [6.07, 6.45) is 2.24. The van der Waals surface area contributed by atoms with Gasteiger partial charge in [0.25, 0.3) is 0 Å². The molecule has 0 fully saturated rings. The van der Waals surface area contributed by atoms with Gasteiger partial charge in [0.2, 0.25) is 5.91 Å². The predicted octanol–water partition coefficient (Wildman–Crippen LogP) is 1.64. The molecule has 5 heteroatoms. The number of hydrogen-bond donors (Lipinski definition) is 1. The first-order valence-electron chi connectivity index (χ1n) is 5.52. The van der Waals surface area contributed by atoms with Crippen molar-refractivity contribution in [2.45, 2.75) is 13.5 Å². The molecule has 0 saturated heterocycles. The molecular formula is C13H13N3O2. The molecule has 0 bridgehead atoms. The molecule has 1 aromatic heterocycles. The molecule has 2 rings (SSSR count). The normalized spacial score (nSPS) is 10.1. The van der Waals surface area contributed by atoms with Gasteiger partial charge in [0.15, 0.2) is 6.29 Å². The largest absolute Gasteiger partial charge is 0.324 e. The molecule has 0 saturated carbocycles. The molecule has 2 aromatic rings. The second kappa shape index (κ2) is 5.27. The Morgan fingerprint density at radius 2 is 2.06 bits per heavy atom. The number of benzene rings is 1. The van der Waals surface area contributed by atoms with Crippen LogP contribution in [-0.4, -0.2) is 22.0 Å². The minimum absolute atomic E-state index is 0.0850. The molecule has 0 aliphatic carbocycles. The number of carbonyl (C=O) groups is 2. The van der Waals surface area contributed by atoms with E-state index in [1.54, 1.807) is 12.3 Å². The van der Waals surface area contributed by atoms with E-state index in [9.17, 15) is 9.59 Å². The zero-order valence-electron chi connectivity index (χ0n) is 9.96. The first kappa shape index (κ1) is 12.0. The van der Waals surface area contributed by atoms with Crippen molar-refractivity contribution in [1.29, 1.82) is 0 Å². The summed E-state index contributed by atoms with van der Waals surface area (Å²) in [5, 5.41) is 6.67. The Hall–Kier alpha value is -2.43. The molecule has 92 valence electrons. The van der Waals surface area contributed by atoms with E-state index in [4.69, 9.17) is 0 Å². The van der Waals surface area contributed by atoms with E-state index in [1.165, 1.54) is 4.68 Å². The Balaban J connectivity index is 1.96. The Morgan fingerprint density at radius 1 is 1.33 bits per heavy atom. The molecule has 18 heavy (non-hydrogen) atoms. The van der Waals surface area contributed by atoms with Crippen molar-refractivity contribution < 1.29 is 9.59 Å². The number of aryl methyl sites for hydroxylation is 1. The SMILES string of the molecule is Cc1ccc(NC(=O)Cn2ccc(C=O)n2)cc1. The minimum atomic E-state index is -0.181. The van der Waals surface area contributed by atoms with Crippen LogP contribution in [0.15, 0.2) is 36.5 Å². The average molecular weight is 243 g/mol. The van der Waals surface area contributed by atoms with Crippen molar-refractivity contribution in [3.63, 3.8) is 0 Å². The number of anilines is 1. The van der Waals surface area contributed by atoms with E-state index >= 15 is 0 Å². The third-order valence-corrected chi connectivity index (χ3v) is 2.42. The van der Waals surface area contributed by atoms with E-state index in [1.807, 2.05) is 31.2 Å². The molecule has 0 spiro atoms. The smallest absolute Gasteiger partial charge is 0.246 e. The van der Waals surface area contributed by atoms with Crippen LogP contribution < -0.4 is 5.32 Å². The number of aldehydes is 1. The van der Waals surface area contributed by atoms with Gasteiger partial charge in [-0.3, -0.25) is 14.3 Å². The number of rotatable bonds is 4. The van der Waals surface area contributed by atoms with E-state index in [-0.39, 0.29) is 12.5 Å². The lowest BCUT2D eigenvalue weighted by Crippen LogP contribution is -2.19. The van der Waals surface area contributed by atoms with Gasteiger partial charge in [-0.25, -0.2) is 0 Å².